The summed E-state index contributed by atoms with van der Waals surface area (Å²) in [5.41, 5.74) is -0.516. The number of ether oxygens (including phenoxy) is 2. The third kappa shape index (κ3) is 8.41. The van der Waals surface area contributed by atoms with Crippen LogP contribution in [0.2, 0.25) is 0 Å². The summed E-state index contributed by atoms with van der Waals surface area (Å²) in [6.45, 7) is 8.77. The minimum Gasteiger partial charge on any atom is -0.444 e. The second-order valence-electron chi connectivity index (χ2n) is 10.0. The number of hydrogen-bond donors (Lipinski definition) is 2. The lowest BCUT2D eigenvalue weighted by molar-refractivity contribution is 0.0493. The molecule has 2 fully saturated rings. The molecule has 0 saturated heterocycles. The summed E-state index contributed by atoms with van der Waals surface area (Å²) < 4.78 is 11.0. The number of methoxy groups -OCH3 is 1. The molecule has 0 radical (unpaired) electrons. The third-order valence-corrected chi connectivity index (χ3v) is 6.96. The molecule has 0 spiro atoms. The Morgan fingerprint density at radius 1 is 1.07 bits per heavy atom. The van der Waals surface area contributed by atoms with Gasteiger partial charge in [-0.25, -0.2) is 4.79 Å². The summed E-state index contributed by atoms with van der Waals surface area (Å²) in [7, 11) is 1.80. The third-order valence-electron chi connectivity index (χ3n) is 6.57. The number of carbonyl (C=O) groups is 1. The zero-order valence-corrected chi connectivity index (χ0v) is 19.9. The molecule has 168 valence electrons. The van der Waals surface area contributed by atoms with Crippen LogP contribution in [0.25, 0.3) is 0 Å². The summed E-state index contributed by atoms with van der Waals surface area (Å²) >= 11 is 5.79. The van der Waals surface area contributed by atoms with E-state index < -0.39 is 5.60 Å². The first-order chi connectivity index (χ1) is 13.7. The largest absolute Gasteiger partial charge is 0.444 e. The first kappa shape index (κ1) is 24.4. The first-order valence-electron chi connectivity index (χ1n) is 11.5. The highest BCUT2D eigenvalue weighted by molar-refractivity contribution is 7.80. The van der Waals surface area contributed by atoms with E-state index in [2.05, 4.69) is 17.6 Å². The van der Waals surface area contributed by atoms with Gasteiger partial charge >= 0.3 is 6.09 Å². The molecule has 2 aliphatic carbocycles. The van der Waals surface area contributed by atoms with Gasteiger partial charge in [0.1, 0.15) is 5.60 Å². The molecule has 2 saturated carbocycles. The van der Waals surface area contributed by atoms with Crippen molar-refractivity contribution in [2.75, 3.05) is 13.7 Å². The molecule has 2 rings (SSSR count). The lowest BCUT2D eigenvalue weighted by Gasteiger charge is -2.35. The Hall–Kier alpha value is -0.880. The Balaban J connectivity index is 1.95. The molecule has 6 heteroatoms. The Bertz CT molecular complexity index is 521. The van der Waals surface area contributed by atoms with Crippen molar-refractivity contribution in [3.8, 4) is 0 Å². The molecule has 5 nitrogen and oxygen atoms in total. The lowest BCUT2D eigenvalue weighted by Crippen LogP contribution is -2.53. The predicted molar refractivity (Wildman–Crippen MR) is 122 cm³/mol. The fourth-order valence-corrected chi connectivity index (χ4v) is 5.09. The summed E-state index contributed by atoms with van der Waals surface area (Å²) in [6, 6.07) is -0.182. The molecule has 2 N–H and O–H groups in total. The van der Waals surface area contributed by atoms with Gasteiger partial charge in [-0.2, -0.15) is 0 Å². The fraction of sp³-hybridized carbons (Fsp3) is 0.913. The van der Waals surface area contributed by atoms with Gasteiger partial charge in [0, 0.05) is 13.7 Å². The quantitative estimate of drug-likeness (QED) is 0.547. The van der Waals surface area contributed by atoms with Crippen LogP contribution in [-0.2, 0) is 9.47 Å². The second-order valence-corrected chi connectivity index (χ2v) is 10.4. The average molecular weight is 427 g/mol. The number of thiocarbonyl (C=S) groups is 1. The van der Waals surface area contributed by atoms with Crippen molar-refractivity contribution in [3.05, 3.63) is 0 Å². The van der Waals surface area contributed by atoms with E-state index in [0.717, 1.165) is 37.2 Å². The van der Waals surface area contributed by atoms with Gasteiger partial charge in [-0.05, 0) is 64.2 Å². The van der Waals surface area contributed by atoms with E-state index in [1.54, 1.807) is 7.11 Å². The molecule has 1 unspecified atom stereocenters. The van der Waals surface area contributed by atoms with Crippen LogP contribution in [0.3, 0.4) is 0 Å². The van der Waals surface area contributed by atoms with Crippen LogP contribution in [0, 0.1) is 17.8 Å². The van der Waals surface area contributed by atoms with E-state index in [1.807, 2.05) is 20.8 Å². The van der Waals surface area contributed by atoms with Crippen molar-refractivity contribution in [1.29, 1.82) is 0 Å². The summed E-state index contributed by atoms with van der Waals surface area (Å²) in [5, 5.41) is 6.58. The number of rotatable bonds is 7. The monoisotopic (exact) mass is 426 g/mol. The van der Waals surface area contributed by atoms with Crippen molar-refractivity contribution < 1.29 is 14.3 Å². The van der Waals surface area contributed by atoms with Crippen LogP contribution < -0.4 is 10.6 Å². The first-order valence-corrected chi connectivity index (χ1v) is 11.9. The van der Waals surface area contributed by atoms with Gasteiger partial charge in [-0.1, -0.05) is 51.2 Å². The minimum absolute atomic E-state index is 0.182. The van der Waals surface area contributed by atoms with Crippen LogP contribution in [-0.4, -0.2) is 42.5 Å². The smallest absolute Gasteiger partial charge is 0.408 e. The minimum atomic E-state index is -0.516. The van der Waals surface area contributed by atoms with E-state index >= 15 is 0 Å². The number of carbonyl (C=O) groups excluding carboxylic acids is 1. The maximum atomic E-state index is 12.5. The summed E-state index contributed by atoms with van der Waals surface area (Å²) in [5.74, 6) is 1.51. The molecule has 0 aromatic carbocycles. The topological polar surface area (TPSA) is 59.6 Å². The van der Waals surface area contributed by atoms with Crippen molar-refractivity contribution in [3.63, 3.8) is 0 Å². The van der Waals surface area contributed by atoms with Gasteiger partial charge in [-0.15, -0.1) is 0 Å². The molecular formula is C23H42N2O3S. The van der Waals surface area contributed by atoms with E-state index in [-0.39, 0.29) is 12.1 Å². The molecule has 0 aromatic rings. The fourth-order valence-electron chi connectivity index (χ4n) is 4.73. The SMILES string of the molecule is COC1CCC(CNC(=S)[C@H](NC(=O)OC(C)(C)C)C(C)C2CCCCC2)CC1. The molecule has 1 amide bonds. The number of amides is 1. The van der Waals surface area contributed by atoms with E-state index in [0.29, 0.717) is 23.9 Å². The van der Waals surface area contributed by atoms with Crippen LogP contribution in [0.1, 0.15) is 85.5 Å². The van der Waals surface area contributed by atoms with Crippen LogP contribution >= 0.6 is 12.2 Å². The predicted octanol–water partition coefficient (Wildman–Crippen LogP) is 5.22. The molecule has 0 bridgehead atoms. The van der Waals surface area contributed by atoms with Crippen molar-refractivity contribution >= 4 is 23.3 Å². The number of hydrogen-bond acceptors (Lipinski definition) is 4. The van der Waals surface area contributed by atoms with Gasteiger partial charge in [0.25, 0.3) is 0 Å². The van der Waals surface area contributed by atoms with E-state index in [9.17, 15) is 4.79 Å². The van der Waals surface area contributed by atoms with Crippen molar-refractivity contribution in [2.24, 2.45) is 17.8 Å². The average Bonchev–Trinajstić information content (AvgIpc) is 2.69. The maximum absolute atomic E-state index is 12.5. The van der Waals surface area contributed by atoms with Crippen LogP contribution in [0.5, 0.6) is 0 Å². The van der Waals surface area contributed by atoms with Crippen molar-refractivity contribution in [2.45, 2.75) is 103 Å². The highest BCUT2D eigenvalue weighted by atomic mass is 32.1. The second kappa shape index (κ2) is 11.5. The zero-order valence-electron chi connectivity index (χ0n) is 19.1. The highest BCUT2D eigenvalue weighted by Gasteiger charge is 2.32. The maximum Gasteiger partial charge on any atom is 0.408 e. The van der Waals surface area contributed by atoms with E-state index in [4.69, 9.17) is 21.7 Å². The molecular weight excluding hydrogens is 384 g/mol. The standard InChI is InChI=1S/C23H42N2O3S/c1-16(18-9-7-6-8-10-18)20(25-22(26)28-23(2,3)4)21(29)24-15-17-11-13-19(27-5)14-12-17/h16-20H,6-15H2,1-5H3,(H,24,29)(H,25,26)/t16?,17?,19?,20-/m1/s1. The van der Waals surface area contributed by atoms with Crippen molar-refractivity contribution in [1.82, 2.24) is 10.6 Å². The molecule has 0 aromatic heterocycles. The molecule has 0 heterocycles. The molecule has 29 heavy (non-hydrogen) atoms. The zero-order chi connectivity index (χ0) is 21.4. The van der Waals surface area contributed by atoms with E-state index in [1.165, 1.54) is 32.1 Å². The van der Waals surface area contributed by atoms with Crippen LogP contribution in [0.4, 0.5) is 4.79 Å². The summed E-state index contributed by atoms with van der Waals surface area (Å²) in [4.78, 5) is 13.3. The molecule has 2 atom stereocenters. The Morgan fingerprint density at radius 3 is 2.24 bits per heavy atom. The summed E-state index contributed by atoms with van der Waals surface area (Å²) in [6.07, 6.45) is 10.9. The van der Waals surface area contributed by atoms with Gasteiger partial charge in [0.2, 0.25) is 0 Å². The Morgan fingerprint density at radius 2 is 1.69 bits per heavy atom. The highest BCUT2D eigenvalue weighted by Crippen LogP contribution is 2.32. The lowest BCUT2D eigenvalue weighted by atomic mass is 9.77. The molecule has 2 aliphatic rings. The van der Waals surface area contributed by atoms with Crippen LogP contribution in [0.15, 0.2) is 0 Å². The normalized spacial score (nSPS) is 25.7. The number of alkyl carbamates (subject to hydrolysis) is 1. The van der Waals surface area contributed by atoms with Gasteiger partial charge in [0.05, 0.1) is 17.1 Å². The Kier molecular flexibility index (Phi) is 9.67. The number of nitrogens with one attached hydrogen (secondary N) is 2. The van der Waals surface area contributed by atoms with Gasteiger partial charge in [-0.3, -0.25) is 0 Å². The molecule has 0 aliphatic heterocycles. The Labute approximate surface area is 183 Å². The van der Waals surface area contributed by atoms with Gasteiger partial charge in [0.15, 0.2) is 0 Å². The van der Waals surface area contributed by atoms with Gasteiger partial charge < -0.3 is 20.1 Å².